The van der Waals surface area contributed by atoms with Gasteiger partial charge in [0.15, 0.2) is 0 Å². The Morgan fingerprint density at radius 1 is 1.17 bits per heavy atom. The quantitative estimate of drug-likeness (QED) is 0.775. The molecule has 2 aromatic rings. The van der Waals surface area contributed by atoms with Crippen LogP contribution >= 0.6 is 11.8 Å². The van der Waals surface area contributed by atoms with E-state index in [4.69, 9.17) is 0 Å². The zero-order valence-corrected chi connectivity index (χ0v) is 13.5. The molecular formula is C15H16N4O3S. The van der Waals surface area contributed by atoms with Gasteiger partial charge < -0.3 is 15.6 Å². The van der Waals surface area contributed by atoms with E-state index in [0.29, 0.717) is 23.0 Å². The normalized spacial score (nSPS) is 10.2. The Labute approximate surface area is 136 Å². The van der Waals surface area contributed by atoms with Crippen molar-refractivity contribution in [1.82, 2.24) is 9.97 Å². The van der Waals surface area contributed by atoms with Crippen molar-refractivity contribution >= 4 is 35.0 Å². The fraction of sp³-hybridized carbons (Fsp3) is 0.200. The first-order chi connectivity index (χ1) is 11.0. The number of aromatic amines is 1. The van der Waals surface area contributed by atoms with Crippen LogP contribution in [0.2, 0.25) is 0 Å². The van der Waals surface area contributed by atoms with Gasteiger partial charge in [0.25, 0.3) is 11.5 Å². The summed E-state index contributed by atoms with van der Waals surface area (Å²) in [5.74, 6) is 0.333. The minimum absolute atomic E-state index is 0.0590. The van der Waals surface area contributed by atoms with Crippen LogP contribution in [-0.4, -0.2) is 28.0 Å². The maximum Gasteiger partial charge on any atom is 0.274 e. The van der Waals surface area contributed by atoms with E-state index in [-0.39, 0.29) is 17.2 Å². The number of anilines is 2. The molecule has 1 aromatic carbocycles. The second kappa shape index (κ2) is 7.59. The predicted molar refractivity (Wildman–Crippen MR) is 90.8 cm³/mol. The molecule has 120 valence electrons. The van der Waals surface area contributed by atoms with Crippen molar-refractivity contribution in [3.63, 3.8) is 0 Å². The van der Waals surface area contributed by atoms with E-state index in [1.54, 1.807) is 24.3 Å². The molecule has 1 aromatic heterocycles. The van der Waals surface area contributed by atoms with Gasteiger partial charge in [0.05, 0.1) is 5.75 Å². The number of benzene rings is 1. The van der Waals surface area contributed by atoms with Crippen molar-refractivity contribution in [1.29, 1.82) is 0 Å². The molecule has 0 fully saturated rings. The molecule has 8 heteroatoms. The van der Waals surface area contributed by atoms with E-state index in [9.17, 15) is 14.4 Å². The van der Waals surface area contributed by atoms with Crippen molar-refractivity contribution in [3.05, 3.63) is 52.2 Å². The Hall–Kier alpha value is -2.61. The van der Waals surface area contributed by atoms with Gasteiger partial charge in [0.1, 0.15) is 11.5 Å². The standard InChI is InChI=1S/C15H16N4O3S/c1-9(20)16-10-3-5-11(6-4-10)17-15(22)12-7-14(21)19-13(18-12)8-23-2/h3-7H,8H2,1-2H3,(H,16,20)(H,17,22)(H,18,19,21). The van der Waals surface area contributed by atoms with E-state index < -0.39 is 5.91 Å². The molecule has 0 saturated carbocycles. The van der Waals surface area contributed by atoms with Gasteiger partial charge in [-0.25, -0.2) is 4.98 Å². The van der Waals surface area contributed by atoms with Crippen LogP contribution in [0.3, 0.4) is 0 Å². The van der Waals surface area contributed by atoms with Crippen LogP contribution in [0.15, 0.2) is 35.1 Å². The molecule has 0 radical (unpaired) electrons. The van der Waals surface area contributed by atoms with E-state index >= 15 is 0 Å². The first kappa shape index (κ1) is 16.8. The zero-order chi connectivity index (χ0) is 16.8. The molecule has 0 spiro atoms. The van der Waals surface area contributed by atoms with Gasteiger partial charge in [-0.05, 0) is 30.5 Å². The summed E-state index contributed by atoms with van der Waals surface area (Å²) in [6.45, 7) is 1.42. The summed E-state index contributed by atoms with van der Waals surface area (Å²) in [7, 11) is 0. The van der Waals surface area contributed by atoms with E-state index in [1.165, 1.54) is 18.7 Å². The smallest absolute Gasteiger partial charge is 0.274 e. The molecule has 7 nitrogen and oxygen atoms in total. The minimum atomic E-state index is -0.467. The first-order valence-electron chi connectivity index (χ1n) is 6.76. The lowest BCUT2D eigenvalue weighted by Crippen LogP contribution is -2.20. The van der Waals surface area contributed by atoms with Crippen molar-refractivity contribution in [3.8, 4) is 0 Å². The molecule has 0 bridgehead atoms. The molecule has 23 heavy (non-hydrogen) atoms. The maximum atomic E-state index is 12.2. The van der Waals surface area contributed by atoms with Gasteiger partial charge in [-0.15, -0.1) is 0 Å². The van der Waals surface area contributed by atoms with Gasteiger partial charge >= 0.3 is 0 Å². The Balaban J connectivity index is 2.12. The number of nitrogens with one attached hydrogen (secondary N) is 3. The van der Waals surface area contributed by atoms with Crippen molar-refractivity contribution in [2.24, 2.45) is 0 Å². The van der Waals surface area contributed by atoms with E-state index in [1.807, 2.05) is 6.26 Å². The number of carbonyl (C=O) groups excluding carboxylic acids is 2. The van der Waals surface area contributed by atoms with E-state index in [0.717, 1.165) is 6.07 Å². The number of hydrogen-bond acceptors (Lipinski definition) is 5. The highest BCUT2D eigenvalue weighted by molar-refractivity contribution is 7.97. The number of hydrogen-bond donors (Lipinski definition) is 3. The lowest BCUT2D eigenvalue weighted by atomic mass is 10.2. The Morgan fingerprint density at radius 3 is 2.35 bits per heavy atom. The number of amides is 2. The zero-order valence-electron chi connectivity index (χ0n) is 12.7. The van der Waals surface area contributed by atoms with Gasteiger partial charge in [-0.2, -0.15) is 11.8 Å². The highest BCUT2D eigenvalue weighted by atomic mass is 32.2. The molecule has 0 atom stereocenters. The lowest BCUT2D eigenvalue weighted by Gasteiger charge is -2.07. The van der Waals surface area contributed by atoms with Crippen LogP contribution in [0, 0.1) is 0 Å². The molecule has 0 unspecified atom stereocenters. The fourth-order valence-corrected chi connectivity index (χ4v) is 2.27. The van der Waals surface area contributed by atoms with Gasteiger partial charge in [-0.1, -0.05) is 0 Å². The Morgan fingerprint density at radius 2 is 1.78 bits per heavy atom. The summed E-state index contributed by atoms with van der Waals surface area (Å²) in [6, 6.07) is 7.80. The summed E-state index contributed by atoms with van der Waals surface area (Å²) in [5.41, 5.74) is 0.864. The van der Waals surface area contributed by atoms with E-state index in [2.05, 4.69) is 20.6 Å². The monoisotopic (exact) mass is 332 g/mol. The highest BCUT2D eigenvalue weighted by Gasteiger charge is 2.10. The molecule has 0 aliphatic rings. The summed E-state index contributed by atoms with van der Waals surface area (Å²) in [5, 5.41) is 5.30. The summed E-state index contributed by atoms with van der Waals surface area (Å²) in [6.07, 6.45) is 1.88. The number of H-pyrrole nitrogens is 1. The first-order valence-corrected chi connectivity index (χ1v) is 8.15. The van der Waals surface area contributed by atoms with Crippen LogP contribution in [0.4, 0.5) is 11.4 Å². The summed E-state index contributed by atoms with van der Waals surface area (Å²) >= 11 is 1.50. The van der Waals surface area contributed by atoms with Crippen LogP contribution in [0.5, 0.6) is 0 Å². The molecule has 2 amide bonds. The predicted octanol–water partition coefficient (Wildman–Crippen LogP) is 1.84. The molecule has 1 heterocycles. The third-order valence-electron chi connectivity index (χ3n) is 2.77. The second-order valence-corrected chi connectivity index (χ2v) is 5.59. The van der Waals surface area contributed by atoms with Crippen LogP contribution < -0.4 is 16.2 Å². The van der Waals surface area contributed by atoms with Crippen molar-refractivity contribution < 1.29 is 9.59 Å². The van der Waals surface area contributed by atoms with Crippen LogP contribution in [0.1, 0.15) is 23.2 Å². The third-order valence-corrected chi connectivity index (χ3v) is 3.33. The average Bonchev–Trinajstić information content (AvgIpc) is 2.48. The number of nitrogens with zero attached hydrogens (tertiary/aromatic N) is 1. The Bertz CT molecular complexity index is 771. The Kier molecular flexibility index (Phi) is 5.53. The summed E-state index contributed by atoms with van der Waals surface area (Å²) < 4.78 is 0. The molecule has 3 N–H and O–H groups in total. The molecular weight excluding hydrogens is 316 g/mol. The molecule has 0 aliphatic heterocycles. The lowest BCUT2D eigenvalue weighted by molar-refractivity contribution is -0.114. The van der Waals surface area contributed by atoms with Crippen molar-refractivity contribution in [2.75, 3.05) is 16.9 Å². The fourth-order valence-electron chi connectivity index (χ4n) is 1.86. The third kappa shape index (κ3) is 4.96. The summed E-state index contributed by atoms with van der Waals surface area (Å²) in [4.78, 5) is 41.4. The van der Waals surface area contributed by atoms with Crippen molar-refractivity contribution in [2.45, 2.75) is 12.7 Å². The highest BCUT2D eigenvalue weighted by Crippen LogP contribution is 2.14. The average molecular weight is 332 g/mol. The number of thioether (sulfide) groups is 1. The largest absolute Gasteiger partial charge is 0.326 e. The molecule has 0 aliphatic carbocycles. The van der Waals surface area contributed by atoms with Gasteiger partial charge in [0, 0.05) is 24.4 Å². The van der Waals surface area contributed by atoms with Crippen LogP contribution in [-0.2, 0) is 10.5 Å². The van der Waals surface area contributed by atoms with Crippen LogP contribution in [0.25, 0.3) is 0 Å². The maximum absolute atomic E-state index is 12.2. The molecule has 0 saturated heterocycles. The van der Waals surface area contributed by atoms with Gasteiger partial charge in [0.2, 0.25) is 5.91 Å². The number of carbonyl (C=O) groups is 2. The second-order valence-electron chi connectivity index (χ2n) is 4.72. The number of aromatic nitrogens is 2. The number of rotatable bonds is 5. The SMILES string of the molecule is CSCc1nc(C(=O)Nc2ccc(NC(C)=O)cc2)cc(=O)[nH]1. The topological polar surface area (TPSA) is 104 Å². The molecule has 2 rings (SSSR count). The van der Waals surface area contributed by atoms with Gasteiger partial charge in [-0.3, -0.25) is 14.4 Å². The minimum Gasteiger partial charge on any atom is -0.326 e.